The van der Waals surface area contributed by atoms with Gasteiger partial charge in [0.05, 0.1) is 12.2 Å². The van der Waals surface area contributed by atoms with E-state index in [1.807, 2.05) is 0 Å². The first kappa shape index (κ1) is 14.5. The van der Waals surface area contributed by atoms with Crippen molar-refractivity contribution < 1.29 is 35.8 Å². The third kappa shape index (κ3) is 4.01. The molecule has 0 bridgehead atoms. The Bertz CT molecular complexity index is 410. The second kappa shape index (κ2) is 4.95. The predicted octanol–water partition coefficient (Wildman–Crippen LogP) is 4.00. The number of rotatable bonds is 3. The number of ether oxygens (including phenoxy) is 2. The quantitative estimate of drug-likeness (QED) is 0.775. The Morgan fingerprint density at radius 3 is 2.11 bits per heavy atom. The second-order valence-corrected chi connectivity index (χ2v) is 3.14. The Balaban J connectivity index is 3.11. The van der Waals surface area contributed by atoms with Crippen LogP contribution in [0.3, 0.4) is 0 Å². The van der Waals surface area contributed by atoms with Crippen molar-refractivity contribution in [3.8, 4) is 11.5 Å². The van der Waals surface area contributed by atoms with E-state index in [4.69, 9.17) is 0 Å². The lowest BCUT2D eigenvalue weighted by Crippen LogP contribution is -2.17. The molecule has 8 heteroatoms. The molecule has 2 nitrogen and oxygen atoms in total. The van der Waals surface area contributed by atoms with Gasteiger partial charge in [-0.3, -0.25) is 0 Å². The smallest absolute Gasteiger partial charge is 0.493 e. The van der Waals surface area contributed by atoms with Gasteiger partial charge in [0.25, 0.3) is 0 Å². The van der Waals surface area contributed by atoms with Crippen molar-refractivity contribution in [3.63, 3.8) is 0 Å². The molecule has 1 rings (SSSR count). The third-order valence-corrected chi connectivity index (χ3v) is 1.79. The van der Waals surface area contributed by atoms with Gasteiger partial charge in [-0.15, -0.1) is 13.2 Å². The van der Waals surface area contributed by atoms with Crippen LogP contribution in [0.2, 0.25) is 0 Å². The van der Waals surface area contributed by atoms with E-state index in [1.54, 1.807) is 0 Å². The molecule has 0 radical (unpaired) electrons. The maximum atomic E-state index is 12.5. The summed E-state index contributed by atoms with van der Waals surface area (Å²) in [6.45, 7) is 1.30. The highest BCUT2D eigenvalue weighted by Crippen LogP contribution is 2.39. The van der Waals surface area contributed by atoms with Gasteiger partial charge in [-0.05, 0) is 19.1 Å². The Hall–Kier alpha value is -1.60. The van der Waals surface area contributed by atoms with Crippen LogP contribution < -0.4 is 9.47 Å². The van der Waals surface area contributed by atoms with E-state index in [0.717, 1.165) is 0 Å². The summed E-state index contributed by atoms with van der Waals surface area (Å²) in [4.78, 5) is 0. The van der Waals surface area contributed by atoms with Crippen molar-refractivity contribution in [2.75, 3.05) is 6.61 Å². The standard InChI is InChI=1S/C10H8F6O2/c1-2-17-8-5-6(18-10(14,15)16)3-4-7(8)9(11,12)13/h3-5H,2H2,1H3. The zero-order valence-electron chi connectivity index (χ0n) is 9.02. The molecule has 0 amide bonds. The van der Waals surface area contributed by atoms with Crippen LogP contribution in [0, 0.1) is 0 Å². The Morgan fingerprint density at radius 1 is 1.06 bits per heavy atom. The molecule has 0 atom stereocenters. The van der Waals surface area contributed by atoms with Crippen molar-refractivity contribution in [2.45, 2.75) is 19.5 Å². The number of halogens is 6. The van der Waals surface area contributed by atoms with Gasteiger partial charge in [-0.2, -0.15) is 13.2 Å². The summed E-state index contributed by atoms with van der Waals surface area (Å²) in [6.07, 6.45) is -9.68. The van der Waals surface area contributed by atoms with Gasteiger partial charge in [0.2, 0.25) is 0 Å². The first-order chi connectivity index (χ1) is 8.13. The summed E-state index contributed by atoms with van der Waals surface area (Å²) in [5, 5.41) is 0. The molecule has 0 spiro atoms. The van der Waals surface area contributed by atoms with Gasteiger partial charge < -0.3 is 9.47 Å². The molecule has 1 aromatic carbocycles. The van der Waals surface area contributed by atoms with Gasteiger partial charge >= 0.3 is 12.5 Å². The summed E-state index contributed by atoms with van der Waals surface area (Å²) >= 11 is 0. The summed E-state index contributed by atoms with van der Waals surface area (Å²) in [5.74, 6) is -1.47. The molecule has 0 aliphatic carbocycles. The first-order valence-electron chi connectivity index (χ1n) is 4.73. The number of hydrogen-bond donors (Lipinski definition) is 0. The zero-order chi connectivity index (χ0) is 14.0. The maximum Gasteiger partial charge on any atom is 0.573 e. The molecule has 102 valence electrons. The minimum absolute atomic E-state index is 0.113. The van der Waals surface area contributed by atoms with Crippen LogP contribution in [0.1, 0.15) is 12.5 Å². The van der Waals surface area contributed by atoms with Crippen LogP contribution in [-0.4, -0.2) is 13.0 Å². The largest absolute Gasteiger partial charge is 0.573 e. The number of hydrogen-bond acceptors (Lipinski definition) is 2. The molecule has 0 aliphatic heterocycles. The number of alkyl halides is 6. The molecule has 0 aromatic heterocycles. The summed E-state index contributed by atoms with van der Waals surface area (Å²) in [7, 11) is 0. The summed E-state index contributed by atoms with van der Waals surface area (Å²) in [6, 6.07) is 1.62. The fourth-order valence-corrected chi connectivity index (χ4v) is 1.21. The SMILES string of the molecule is CCOc1cc(OC(F)(F)F)ccc1C(F)(F)F. The molecular weight excluding hydrogens is 266 g/mol. The van der Waals surface area contributed by atoms with E-state index in [1.165, 1.54) is 6.92 Å². The lowest BCUT2D eigenvalue weighted by atomic mass is 10.2. The molecule has 0 saturated heterocycles. The predicted molar refractivity (Wildman–Crippen MR) is 49.3 cm³/mol. The topological polar surface area (TPSA) is 18.5 Å². The molecule has 0 fully saturated rings. The van der Waals surface area contributed by atoms with Crippen LogP contribution >= 0.6 is 0 Å². The summed E-state index contributed by atoms with van der Waals surface area (Å²) < 4.78 is 81.4. The molecule has 0 heterocycles. The number of benzene rings is 1. The highest BCUT2D eigenvalue weighted by atomic mass is 19.4. The molecule has 0 aliphatic rings. The van der Waals surface area contributed by atoms with E-state index in [2.05, 4.69) is 9.47 Å². The first-order valence-corrected chi connectivity index (χ1v) is 4.73. The minimum Gasteiger partial charge on any atom is -0.493 e. The van der Waals surface area contributed by atoms with Gasteiger partial charge in [0.15, 0.2) is 0 Å². The zero-order valence-corrected chi connectivity index (χ0v) is 9.02. The van der Waals surface area contributed by atoms with Crippen LogP contribution in [0.5, 0.6) is 11.5 Å². The van der Waals surface area contributed by atoms with E-state index in [9.17, 15) is 26.3 Å². The Labute approximate surface area is 98.1 Å². The lowest BCUT2D eigenvalue weighted by Gasteiger charge is -2.15. The van der Waals surface area contributed by atoms with E-state index in [0.29, 0.717) is 18.2 Å². The maximum absolute atomic E-state index is 12.5. The van der Waals surface area contributed by atoms with Crippen molar-refractivity contribution in [1.82, 2.24) is 0 Å². The van der Waals surface area contributed by atoms with Gasteiger partial charge in [-0.25, -0.2) is 0 Å². The molecule has 18 heavy (non-hydrogen) atoms. The normalized spacial score (nSPS) is 12.4. The van der Waals surface area contributed by atoms with Gasteiger partial charge in [0, 0.05) is 6.07 Å². The highest BCUT2D eigenvalue weighted by molar-refractivity contribution is 5.42. The molecule has 0 saturated carbocycles. The van der Waals surface area contributed by atoms with Gasteiger partial charge in [-0.1, -0.05) is 0 Å². The molecule has 0 unspecified atom stereocenters. The fraction of sp³-hybridized carbons (Fsp3) is 0.400. The monoisotopic (exact) mass is 274 g/mol. The summed E-state index contributed by atoms with van der Waals surface area (Å²) in [5.41, 5.74) is -1.15. The van der Waals surface area contributed by atoms with E-state index >= 15 is 0 Å². The fourth-order valence-electron chi connectivity index (χ4n) is 1.21. The van der Waals surface area contributed by atoms with Crippen molar-refractivity contribution in [3.05, 3.63) is 23.8 Å². The van der Waals surface area contributed by atoms with Crippen LogP contribution in [-0.2, 0) is 6.18 Å². The van der Waals surface area contributed by atoms with Crippen molar-refractivity contribution in [2.24, 2.45) is 0 Å². The van der Waals surface area contributed by atoms with Crippen molar-refractivity contribution >= 4 is 0 Å². The molecule has 1 aromatic rings. The van der Waals surface area contributed by atoms with E-state index < -0.39 is 29.6 Å². The van der Waals surface area contributed by atoms with E-state index in [-0.39, 0.29) is 6.61 Å². The third-order valence-electron chi connectivity index (χ3n) is 1.79. The Morgan fingerprint density at radius 2 is 1.67 bits per heavy atom. The van der Waals surface area contributed by atoms with Crippen LogP contribution in [0.4, 0.5) is 26.3 Å². The van der Waals surface area contributed by atoms with Crippen LogP contribution in [0.25, 0.3) is 0 Å². The van der Waals surface area contributed by atoms with Crippen molar-refractivity contribution in [1.29, 1.82) is 0 Å². The highest BCUT2D eigenvalue weighted by Gasteiger charge is 2.36. The van der Waals surface area contributed by atoms with Gasteiger partial charge in [0.1, 0.15) is 11.5 Å². The Kier molecular flexibility index (Phi) is 3.98. The average Bonchev–Trinajstić information content (AvgIpc) is 2.13. The van der Waals surface area contributed by atoms with Crippen LogP contribution in [0.15, 0.2) is 18.2 Å². The molecular formula is C10H8F6O2. The lowest BCUT2D eigenvalue weighted by molar-refractivity contribution is -0.274. The minimum atomic E-state index is -4.97. The second-order valence-electron chi connectivity index (χ2n) is 3.14. The molecule has 0 N–H and O–H groups in total. The average molecular weight is 274 g/mol.